The number of fused-ring (bicyclic) bond motifs is 1. The second kappa shape index (κ2) is 6.81. The lowest BCUT2D eigenvalue weighted by atomic mass is 9.97. The molecule has 2 N–H and O–H groups in total. The highest BCUT2D eigenvalue weighted by Crippen LogP contribution is 2.20. The van der Waals surface area contributed by atoms with Crippen LogP contribution < -0.4 is 10.9 Å². The van der Waals surface area contributed by atoms with E-state index in [1.807, 2.05) is 30.0 Å². The molecule has 0 aliphatic carbocycles. The standard InChI is InChI=1S/C17H22N4O2/c1-2-15(22)21-9-5-6-12(11-21)10-18-16-13-7-3-4-8-14(13)17(23)20-19-16/h3-4,7-8,12H,2,5-6,9-11H2,1H3,(H,18,19)(H,20,23). The second-order valence-corrected chi connectivity index (χ2v) is 6.03. The summed E-state index contributed by atoms with van der Waals surface area (Å²) in [6, 6.07) is 7.44. The highest BCUT2D eigenvalue weighted by atomic mass is 16.2. The average molecular weight is 314 g/mol. The maximum Gasteiger partial charge on any atom is 0.272 e. The number of aromatic amines is 1. The van der Waals surface area contributed by atoms with Crippen molar-refractivity contribution in [3.8, 4) is 0 Å². The number of amides is 1. The van der Waals surface area contributed by atoms with Crippen molar-refractivity contribution in [1.29, 1.82) is 0 Å². The Morgan fingerprint density at radius 2 is 2.17 bits per heavy atom. The quantitative estimate of drug-likeness (QED) is 0.904. The zero-order valence-corrected chi connectivity index (χ0v) is 13.3. The lowest BCUT2D eigenvalue weighted by Crippen LogP contribution is -2.41. The molecule has 6 heteroatoms. The molecule has 1 aliphatic rings. The van der Waals surface area contributed by atoms with Gasteiger partial charge in [0, 0.05) is 31.4 Å². The van der Waals surface area contributed by atoms with Gasteiger partial charge in [0.25, 0.3) is 5.56 Å². The van der Waals surface area contributed by atoms with E-state index in [4.69, 9.17) is 0 Å². The lowest BCUT2D eigenvalue weighted by Gasteiger charge is -2.32. The van der Waals surface area contributed by atoms with Crippen LogP contribution in [0.4, 0.5) is 5.82 Å². The van der Waals surface area contributed by atoms with Crippen molar-refractivity contribution >= 4 is 22.5 Å². The lowest BCUT2D eigenvalue weighted by molar-refractivity contribution is -0.132. The van der Waals surface area contributed by atoms with Gasteiger partial charge in [-0.3, -0.25) is 9.59 Å². The van der Waals surface area contributed by atoms with Crippen LogP contribution in [0.1, 0.15) is 26.2 Å². The molecule has 1 saturated heterocycles. The normalized spacial score (nSPS) is 18.1. The van der Waals surface area contributed by atoms with Crippen LogP contribution in [0.2, 0.25) is 0 Å². The summed E-state index contributed by atoms with van der Waals surface area (Å²) in [5, 5.41) is 11.5. The molecule has 1 unspecified atom stereocenters. The Hall–Kier alpha value is -2.37. The molecule has 1 atom stereocenters. The highest BCUT2D eigenvalue weighted by molar-refractivity contribution is 5.90. The first-order valence-corrected chi connectivity index (χ1v) is 8.18. The Morgan fingerprint density at radius 3 is 2.96 bits per heavy atom. The molecule has 0 radical (unpaired) electrons. The Bertz CT molecular complexity index is 756. The van der Waals surface area contributed by atoms with Crippen molar-refractivity contribution in [3.63, 3.8) is 0 Å². The fourth-order valence-electron chi connectivity index (χ4n) is 3.17. The zero-order chi connectivity index (χ0) is 16.2. The van der Waals surface area contributed by atoms with Crippen LogP contribution >= 0.6 is 0 Å². The molecule has 3 rings (SSSR count). The van der Waals surface area contributed by atoms with Crippen LogP contribution in [-0.2, 0) is 4.79 Å². The van der Waals surface area contributed by atoms with E-state index >= 15 is 0 Å². The Labute approximate surface area is 134 Å². The van der Waals surface area contributed by atoms with E-state index in [9.17, 15) is 9.59 Å². The fourth-order valence-corrected chi connectivity index (χ4v) is 3.17. The number of nitrogens with zero attached hydrogens (tertiary/aromatic N) is 2. The van der Waals surface area contributed by atoms with Gasteiger partial charge in [-0.1, -0.05) is 25.1 Å². The van der Waals surface area contributed by atoms with Crippen molar-refractivity contribution < 1.29 is 4.79 Å². The SMILES string of the molecule is CCC(=O)N1CCCC(CNc2n[nH]c(=O)c3ccccc23)C1. The molecule has 0 saturated carbocycles. The number of benzene rings is 1. The number of hydrogen-bond acceptors (Lipinski definition) is 4. The number of H-pyrrole nitrogens is 1. The summed E-state index contributed by atoms with van der Waals surface area (Å²) in [5.74, 6) is 1.33. The molecule has 1 fully saturated rings. The van der Waals surface area contributed by atoms with E-state index in [0.29, 0.717) is 23.5 Å². The third-order valence-electron chi connectivity index (χ3n) is 4.43. The maximum atomic E-state index is 11.9. The average Bonchev–Trinajstić information content (AvgIpc) is 2.61. The van der Waals surface area contributed by atoms with Crippen LogP contribution in [0.5, 0.6) is 0 Å². The predicted molar refractivity (Wildman–Crippen MR) is 90.4 cm³/mol. The van der Waals surface area contributed by atoms with Gasteiger partial charge in [0.15, 0.2) is 5.82 Å². The van der Waals surface area contributed by atoms with Gasteiger partial charge in [-0.25, -0.2) is 5.10 Å². The largest absolute Gasteiger partial charge is 0.368 e. The Balaban J connectivity index is 1.70. The van der Waals surface area contributed by atoms with E-state index < -0.39 is 0 Å². The third kappa shape index (κ3) is 3.36. The summed E-state index contributed by atoms with van der Waals surface area (Å²) in [6.07, 6.45) is 2.70. The van der Waals surface area contributed by atoms with Crippen LogP contribution in [0, 0.1) is 5.92 Å². The molecule has 1 aromatic carbocycles. The highest BCUT2D eigenvalue weighted by Gasteiger charge is 2.22. The molecule has 0 bridgehead atoms. The summed E-state index contributed by atoms with van der Waals surface area (Å²) >= 11 is 0. The molecule has 1 aliphatic heterocycles. The van der Waals surface area contributed by atoms with E-state index in [2.05, 4.69) is 15.5 Å². The summed E-state index contributed by atoms with van der Waals surface area (Å²) in [4.78, 5) is 25.6. The van der Waals surface area contributed by atoms with Crippen molar-refractivity contribution in [2.75, 3.05) is 25.0 Å². The number of nitrogens with one attached hydrogen (secondary N) is 2. The van der Waals surface area contributed by atoms with Gasteiger partial charge in [0.05, 0.1) is 5.39 Å². The van der Waals surface area contributed by atoms with Crippen LogP contribution in [-0.4, -0.2) is 40.6 Å². The third-order valence-corrected chi connectivity index (χ3v) is 4.43. The molecule has 1 aromatic heterocycles. The monoisotopic (exact) mass is 314 g/mol. The number of carbonyl (C=O) groups is 1. The van der Waals surface area contributed by atoms with Gasteiger partial charge in [0.2, 0.25) is 5.91 Å². The molecular weight excluding hydrogens is 292 g/mol. The molecule has 2 heterocycles. The van der Waals surface area contributed by atoms with E-state index in [-0.39, 0.29) is 11.5 Å². The van der Waals surface area contributed by atoms with E-state index in [0.717, 1.165) is 37.9 Å². The van der Waals surface area contributed by atoms with E-state index in [1.165, 1.54) is 0 Å². The van der Waals surface area contributed by atoms with Crippen LogP contribution in [0.25, 0.3) is 10.8 Å². The number of likely N-dealkylation sites (tertiary alicyclic amines) is 1. The van der Waals surface area contributed by atoms with Gasteiger partial charge in [-0.2, -0.15) is 5.10 Å². The van der Waals surface area contributed by atoms with Gasteiger partial charge >= 0.3 is 0 Å². The second-order valence-electron chi connectivity index (χ2n) is 6.03. The van der Waals surface area contributed by atoms with Gasteiger partial charge in [-0.05, 0) is 24.8 Å². The molecule has 6 nitrogen and oxygen atoms in total. The number of hydrogen-bond donors (Lipinski definition) is 2. The molecule has 23 heavy (non-hydrogen) atoms. The fraction of sp³-hybridized carbons (Fsp3) is 0.471. The summed E-state index contributed by atoms with van der Waals surface area (Å²) < 4.78 is 0. The Morgan fingerprint density at radius 1 is 1.39 bits per heavy atom. The maximum absolute atomic E-state index is 11.9. The smallest absolute Gasteiger partial charge is 0.272 e. The van der Waals surface area contributed by atoms with Gasteiger partial charge < -0.3 is 10.2 Å². The zero-order valence-electron chi connectivity index (χ0n) is 13.3. The number of aromatic nitrogens is 2. The minimum atomic E-state index is -0.177. The summed E-state index contributed by atoms with van der Waals surface area (Å²) in [7, 11) is 0. The summed E-state index contributed by atoms with van der Waals surface area (Å²) in [5.41, 5.74) is -0.177. The number of rotatable bonds is 4. The number of carbonyl (C=O) groups excluding carboxylic acids is 1. The molecule has 122 valence electrons. The number of piperidine rings is 1. The van der Waals surface area contributed by atoms with Crippen LogP contribution in [0.3, 0.4) is 0 Å². The predicted octanol–water partition coefficient (Wildman–Crippen LogP) is 1.98. The van der Waals surface area contributed by atoms with Crippen molar-refractivity contribution in [2.24, 2.45) is 5.92 Å². The molecule has 2 aromatic rings. The molecule has 0 spiro atoms. The van der Waals surface area contributed by atoms with Crippen molar-refractivity contribution in [2.45, 2.75) is 26.2 Å². The minimum Gasteiger partial charge on any atom is -0.368 e. The minimum absolute atomic E-state index is 0.177. The Kier molecular flexibility index (Phi) is 4.60. The van der Waals surface area contributed by atoms with E-state index in [1.54, 1.807) is 6.07 Å². The van der Waals surface area contributed by atoms with Crippen molar-refractivity contribution in [1.82, 2.24) is 15.1 Å². The topological polar surface area (TPSA) is 78.1 Å². The number of anilines is 1. The molecule has 1 amide bonds. The first kappa shape index (κ1) is 15.5. The first-order chi connectivity index (χ1) is 11.2. The van der Waals surface area contributed by atoms with Gasteiger partial charge in [-0.15, -0.1) is 0 Å². The summed E-state index contributed by atoms with van der Waals surface area (Å²) in [6.45, 7) is 4.31. The van der Waals surface area contributed by atoms with Crippen LogP contribution in [0.15, 0.2) is 29.1 Å². The first-order valence-electron chi connectivity index (χ1n) is 8.18. The molecular formula is C17H22N4O2. The van der Waals surface area contributed by atoms with Crippen molar-refractivity contribution in [3.05, 3.63) is 34.6 Å². The van der Waals surface area contributed by atoms with Gasteiger partial charge in [0.1, 0.15) is 0 Å².